The first-order valence-electron chi connectivity index (χ1n) is 6.69. The van der Waals surface area contributed by atoms with Crippen molar-refractivity contribution in [2.45, 2.75) is 44.0 Å². The summed E-state index contributed by atoms with van der Waals surface area (Å²) in [6, 6.07) is 0.764. The van der Waals surface area contributed by atoms with Crippen LogP contribution in [0.2, 0.25) is 0 Å². The highest BCUT2D eigenvalue weighted by molar-refractivity contribution is 8.00. The maximum atomic E-state index is 4.77. The predicted molar refractivity (Wildman–Crippen MR) is 80.7 cm³/mol. The van der Waals surface area contributed by atoms with Crippen molar-refractivity contribution in [2.75, 3.05) is 23.7 Å². The third kappa shape index (κ3) is 3.19. The fourth-order valence-corrected chi connectivity index (χ4v) is 4.20. The Morgan fingerprint density at radius 2 is 2.33 bits per heavy atom. The maximum absolute atomic E-state index is 4.77. The van der Waals surface area contributed by atoms with Crippen molar-refractivity contribution >= 4 is 28.2 Å². The van der Waals surface area contributed by atoms with Crippen LogP contribution in [0.1, 0.15) is 32.4 Å². The Balaban J connectivity index is 1.60. The van der Waals surface area contributed by atoms with E-state index >= 15 is 0 Å². The normalized spacial score (nSPS) is 23.3. The van der Waals surface area contributed by atoms with Gasteiger partial charge in [-0.15, -0.1) is 11.3 Å². The standard InChI is InChI=1S/C13H21N3S2/c1-13(2)9-16(5-6-18-13)12-15-11(8-17-12)7-14-10-3-4-10/h8,10,14H,3-7,9H2,1-2H3. The van der Waals surface area contributed by atoms with Crippen LogP contribution in [-0.4, -0.2) is 34.6 Å². The minimum Gasteiger partial charge on any atom is -0.346 e. The summed E-state index contributed by atoms with van der Waals surface area (Å²) in [5, 5.41) is 6.94. The van der Waals surface area contributed by atoms with Crippen molar-refractivity contribution in [2.24, 2.45) is 0 Å². The minimum absolute atomic E-state index is 0.357. The molecule has 0 aromatic carbocycles. The van der Waals surface area contributed by atoms with E-state index in [2.05, 4.69) is 41.2 Å². The molecule has 1 aliphatic carbocycles. The van der Waals surface area contributed by atoms with E-state index in [0.29, 0.717) is 4.75 Å². The van der Waals surface area contributed by atoms with Crippen LogP contribution in [0.25, 0.3) is 0 Å². The number of aromatic nitrogens is 1. The molecule has 2 fully saturated rings. The molecular weight excluding hydrogens is 262 g/mol. The van der Waals surface area contributed by atoms with Crippen LogP contribution in [0.3, 0.4) is 0 Å². The minimum atomic E-state index is 0.357. The number of rotatable bonds is 4. The van der Waals surface area contributed by atoms with Crippen molar-refractivity contribution < 1.29 is 0 Å². The van der Waals surface area contributed by atoms with Gasteiger partial charge in [-0.1, -0.05) is 0 Å². The summed E-state index contributed by atoms with van der Waals surface area (Å²) in [4.78, 5) is 7.22. The molecule has 1 aliphatic heterocycles. The molecule has 0 amide bonds. The number of anilines is 1. The van der Waals surface area contributed by atoms with E-state index in [1.807, 2.05) is 0 Å². The monoisotopic (exact) mass is 283 g/mol. The second kappa shape index (κ2) is 5.02. The van der Waals surface area contributed by atoms with E-state index < -0.39 is 0 Å². The zero-order valence-electron chi connectivity index (χ0n) is 11.1. The molecule has 1 N–H and O–H groups in total. The van der Waals surface area contributed by atoms with Gasteiger partial charge in [0.25, 0.3) is 0 Å². The molecule has 2 heterocycles. The third-order valence-corrected chi connectivity index (χ3v) is 5.63. The number of thioether (sulfide) groups is 1. The predicted octanol–water partition coefficient (Wildman–Crippen LogP) is 2.73. The third-order valence-electron chi connectivity index (χ3n) is 3.38. The Morgan fingerprint density at radius 1 is 1.50 bits per heavy atom. The molecule has 0 spiro atoms. The van der Waals surface area contributed by atoms with Gasteiger partial charge < -0.3 is 10.2 Å². The molecule has 0 atom stereocenters. The highest BCUT2D eigenvalue weighted by atomic mass is 32.2. The lowest BCUT2D eigenvalue weighted by molar-refractivity contribution is 0.642. The summed E-state index contributed by atoms with van der Waals surface area (Å²) in [7, 11) is 0. The molecule has 3 nitrogen and oxygen atoms in total. The maximum Gasteiger partial charge on any atom is 0.185 e. The number of nitrogens with one attached hydrogen (secondary N) is 1. The van der Waals surface area contributed by atoms with E-state index in [1.54, 1.807) is 11.3 Å². The fraction of sp³-hybridized carbons (Fsp3) is 0.769. The molecule has 5 heteroatoms. The summed E-state index contributed by atoms with van der Waals surface area (Å²) < 4.78 is 0.357. The first-order chi connectivity index (χ1) is 8.62. The fourth-order valence-electron chi connectivity index (χ4n) is 2.24. The first-order valence-corrected chi connectivity index (χ1v) is 8.56. The van der Waals surface area contributed by atoms with Crippen molar-refractivity contribution in [1.82, 2.24) is 10.3 Å². The molecular formula is C13H21N3S2. The van der Waals surface area contributed by atoms with E-state index in [-0.39, 0.29) is 0 Å². The lowest BCUT2D eigenvalue weighted by Crippen LogP contribution is -2.43. The summed E-state index contributed by atoms with van der Waals surface area (Å²) >= 11 is 3.87. The Hall–Kier alpha value is -0.260. The molecule has 0 radical (unpaired) electrons. The van der Waals surface area contributed by atoms with Crippen LogP contribution in [0.5, 0.6) is 0 Å². The van der Waals surface area contributed by atoms with Crippen LogP contribution in [0.4, 0.5) is 5.13 Å². The van der Waals surface area contributed by atoms with Gasteiger partial charge in [-0.3, -0.25) is 0 Å². The highest BCUT2D eigenvalue weighted by Gasteiger charge is 2.28. The molecule has 1 saturated carbocycles. The second-order valence-electron chi connectivity index (χ2n) is 5.81. The topological polar surface area (TPSA) is 28.2 Å². The zero-order chi connectivity index (χ0) is 12.6. The van der Waals surface area contributed by atoms with Crippen LogP contribution in [0.15, 0.2) is 5.38 Å². The summed E-state index contributed by atoms with van der Waals surface area (Å²) in [5.74, 6) is 1.21. The largest absolute Gasteiger partial charge is 0.346 e. The molecule has 18 heavy (non-hydrogen) atoms. The first kappa shape index (κ1) is 12.8. The van der Waals surface area contributed by atoms with E-state index in [4.69, 9.17) is 4.98 Å². The van der Waals surface area contributed by atoms with Gasteiger partial charge in [0.15, 0.2) is 5.13 Å². The van der Waals surface area contributed by atoms with Crippen LogP contribution >= 0.6 is 23.1 Å². The number of thiazole rings is 1. The van der Waals surface area contributed by atoms with Gasteiger partial charge in [-0.25, -0.2) is 4.98 Å². The van der Waals surface area contributed by atoms with Crippen LogP contribution in [-0.2, 0) is 6.54 Å². The Morgan fingerprint density at radius 3 is 3.06 bits per heavy atom. The molecule has 1 aromatic rings. The van der Waals surface area contributed by atoms with E-state index in [0.717, 1.165) is 25.7 Å². The molecule has 0 unspecified atom stereocenters. The van der Waals surface area contributed by atoms with Crippen LogP contribution in [0, 0.1) is 0 Å². The summed E-state index contributed by atoms with van der Waals surface area (Å²) in [6.45, 7) is 7.84. The van der Waals surface area contributed by atoms with Crippen molar-refractivity contribution in [1.29, 1.82) is 0 Å². The van der Waals surface area contributed by atoms with Gasteiger partial charge in [-0.05, 0) is 26.7 Å². The highest BCUT2D eigenvalue weighted by Crippen LogP contribution is 2.33. The Bertz CT molecular complexity index is 412. The Kier molecular flexibility index (Phi) is 3.56. The SMILES string of the molecule is CC1(C)CN(c2nc(CNC3CC3)cs2)CCS1. The van der Waals surface area contributed by atoms with Gasteiger partial charge in [0.2, 0.25) is 0 Å². The van der Waals surface area contributed by atoms with Gasteiger partial charge >= 0.3 is 0 Å². The summed E-state index contributed by atoms with van der Waals surface area (Å²) in [5.41, 5.74) is 1.21. The number of nitrogens with zero attached hydrogens (tertiary/aromatic N) is 2. The quantitative estimate of drug-likeness (QED) is 0.919. The molecule has 1 saturated heterocycles. The molecule has 1 aromatic heterocycles. The van der Waals surface area contributed by atoms with Crippen molar-refractivity contribution in [3.63, 3.8) is 0 Å². The smallest absolute Gasteiger partial charge is 0.185 e. The number of hydrogen-bond acceptors (Lipinski definition) is 5. The molecule has 2 aliphatic rings. The van der Waals surface area contributed by atoms with Gasteiger partial charge in [0.1, 0.15) is 0 Å². The van der Waals surface area contributed by atoms with Crippen LogP contribution < -0.4 is 10.2 Å². The lowest BCUT2D eigenvalue weighted by atomic mass is 10.2. The van der Waals surface area contributed by atoms with Gasteiger partial charge in [-0.2, -0.15) is 11.8 Å². The van der Waals surface area contributed by atoms with Crippen molar-refractivity contribution in [3.05, 3.63) is 11.1 Å². The molecule has 3 rings (SSSR count). The van der Waals surface area contributed by atoms with Gasteiger partial charge in [0, 0.05) is 41.6 Å². The average Bonchev–Trinajstić information content (AvgIpc) is 3.02. The zero-order valence-corrected chi connectivity index (χ0v) is 12.7. The van der Waals surface area contributed by atoms with Gasteiger partial charge in [0.05, 0.1) is 5.69 Å². The average molecular weight is 283 g/mol. The number of hydrogen-bond donors (Lipinski definition) is 1. The lowest BCUT2D eigenvalue weighted by Gasteiger charge is -2.37. The second-order valence-corrected chi connectivity index (χ2v) is 8.44. The molecule has 100 valence electrons. The Labute approximate surface area is 117 Å². The van der Waals surface area contributed by atoms with E-state index in [9.17, 15) is 0 Å². The van der Waals surface area contributed by atoms with Crippen molar-refractivity contribution in [3.8, 4) is 0 Å². The van der Waals surface area contributed by atoms with E-state index in [1.165, 1.54) is 29.4 Å². The molecule has 0 bridgehead atoms. The summed E-state index contributed by atoms with van der Waals surface area (Å²) in [6.07, 6.45) is 2.68.